The number of nitrogens with one attached hydrogen (secondary N) is 1. The summed E-state index contributed by atoms with van der Waals surface area (Å²) >= 11 is 0. The van der Waals surface area contributed by atoms with E-state index in [9.17, 15) is 0 Å². The number of fused-ring (bicyclic) bond motifs is 2. The second kappa shape index (κ2) is 6.30. The third-order valence-corrected chi connectivity index (χ3v) is 5.38. The summed E-state index contributed by atoms with van der Waals surface area (Å²) in [6.45, 7) is 3.39. The molecule has 2 saturated carbocycles. The summed E-state index contributed by atoms with van der Waals surface area (Å²) in [6, 6.07) is 2.79. The zero-order valence-corrected chi connectivity index (χ0v) is 13.0. The molecule has 2 fully saturated rings. The Morgan fingerprint density at radius 1 is 1.40 bits per heavy atom. The van der Waals surface area contributed by atoms with Crippen molar-refractivity contribution in [3.05, 3.63) is 18.0 Å². The highest BCUT2D eigenvalue weighted by Gasteiger charge is 2.40. The third-order valence-electron chi connectivity index (χ3n) is 5.38. The molecule has 1 N–H and O–H groups in total. The van der Waals surface area contributed by atoms with Crippen molar-refractivity contribution in [2.24, 2.45) is 24.8 Å². The van der Waals surface area contributed by atoms with Crippen LogP contribution in [0.15, 0.2) is 12.3 Å². The largest absolute Gasteiger partial charge is 0.314 e. The first-order valence-electron chi connectivity index (χ1n) is 8.46. The molecule has 2 aliphatic rings. The van der Waals surface area contributed by atoms with Crippen molar-refractivity contribution < 1.29 is 0 Å². The van der Waals surface area contributed by atoms with Gasteiger partial charge in [0.15, 0.2) is 0 Å². The summed E-state index contributed by atoms with van der Waals surface area (Å²) in [5.74, 6) is 3.08. The summed E-state index contributed by atoms with van der Waals surface area (Å²) in [5, 5.41) is 8.32. The van der Waals surface area contributed by atoms with Gasteiger partial charge in [0.05, 0.1) is 5.69 Å². The van der Waals surface area contributed by atoms with Crippen LogP contribution in [-0.4, -0.2) is 22.4 Å². The van der Waals surface area contributed by atoms with Gasteiger partial charge in [-0.05, 0) is 62.5 Å². The van der Waals surface area contributed by atoms with Crippen LogP contribution in [0.1, 0.15) is 51.1 Å². The Hall–Kier alpha value is -0.830. The molecule has 0 aliphatic heterocycles. The average Bonchev–Trinajstić information content (AvgIpc) is 3.13. The Bertz CT molecular complexity index is 426. The van der Waals surface area contributed by atoms with Crippen molar-refractivity contribution in [2.45, 2.75) is 57.9 Å². The van der Waals surface area contributed by atoms with E-state index >= 15 is 0 Å². The number of nitrogens with zero attached hydrogens (tertiary/aromatic N) is 2. The van der Waals surface area contributed by atoms with E-state index in [1.165, 1.54) is 44.2 Å². The maximum atomic E-state index is 4.56. The highest BCUT2D eigenvalue weighted by molar-refractivity contribution is 5.02. The summed E-state index contributed by atoms with van der Waals surface area (Å²) in [6.07, 6.45) is 11.8. The molecule has 3 heteroatoms. The Labute approximate surface area is 123 Å². The van der Waals surface area contributed by atoms with E-state index in [-0.39, 0.29) is 0 Å². The Morgan fingerprint density at radius 3 is 2.90 bits per heavy atom. The molecule has 3 rings (SSSR count). The van der Waals surface area contributed by atoms with E-state index in [1.54, 1.807) is 0 Å². The zero-order chi connectivity index (χ0) is 13.9. The molecule has 1 heterocycles. The lowest BCUT2D eigenvalue weighted by Crippen LogP contribution is -2.35. The average molecular weight is 275 g/mol. The first-order chi connectivity index (χ1) is 9.74. The Balaban J connectivity index is 1.57. The van der Waals surface area contributed by atoms with Gasteiger partial charge in [-0.2, -0.15) is 5.10 Å². The molecule has 4 unspecified atom stereocenters. The van der Waals surface area contributed by atoms with E-state index in [0.717, 1.165) is 30.7 Å². The maximum absolute atomic E-state index is 4.56. The van der Waals surface area contributed by atoms with Crippen LogP contribution in [-0.2, 0) is 13.5 Å². The minimum atomic E-state index is 0.620. The molecule has 0 amide bonds. The molecule has 4 atom stereocenters. The first-order valence-corrected chi connectivity index (χ1v) is 8.46. The van der Waals surface area contributed by atoms with Crippen molar-refractivity contribution in [1.82, 2.24) is 15.1 Å². The quantitative estimate of drug-likeness (QED) is 0.828. The van der Waals surface area contributed by atoms with E-state index in [1.807, 2.05) is 11.7 Å². The minimum absolute atomic E-state index is 0.620. The van der Waals surface area contributed by atoms with E-state index in [2.05, 4.69) is 29.6 Å². The van der Waals surface area contributed by atoms with Crippen molar-refractivity contribution >= 4 is 0 Å². The Morgan fingerprint density at radius 2 is 2.30 bits per heavy atom. The molecule has 0 aromatic carbocycles. The number of hydrogen-bond donors (Lipinski definition) is 1. The highest BCUT2D eigenvalue weighted by atomic mass is 15.2. The lowest BCUT2D eigenvalue weighted by Gasteiger charge is -2.27. The normalized spacial score (nSPS) is 30.0. The summed E-state index contributed by atoms with van der Waals surface area (Å²) < 4.78 is 1.92. The van der Waals surface area contributed by atoms with Gasteiger partial charge in [0.25, 0.3) is 0 Å². The van der Waals surface area contributed by atoms with Gasteiger partial charge in [0.2, 0.25) is 0 Å². The van der Waals surface area contributed by atoms with Gasteiger partial charge in [0, 0.05) is 25.7 Å². The number of hydrogen-bond acceptors (Lipinski definition) is 2. The van der Waals surface area contributed by atoms with Gasteiger partial charge in [-0.15, -0.1) is 0 Å². The summed E-state index contributed by atoms with van der Waals surface area (Å²) in [4.78, 5) is 0. The fraction of sp³-hybridized carbons (Fsp3) is 0.824. The topological polar surface area (TPSA) is 29.9 Å². The van der Waals surface area contributed by atoms with Gasteiger partial charge >= 0.3 is 0 Å². The molecule has 20 heavy (non-hydrogen) atoms. The molecule has 0 radical (unpaired) electrons. The molecule has 2 bridgehead atoms. The molecular weight excluding hydrogens is 246 g/mol. The predicted octanol–water partition coefficient (Wildman–Crippen LogP) is 3.16. The number of aryl methyl sites for hydroxylation is 1. The van der Waals surface area contributed by atoms with Crippen LogP contribution in [0, 0.1) is 17.8 Å². The summed E-state index contributed by atoms with van der Waals surface area (Å²) in [7, 11) is 2.01. The fourth-order valence-corrected chi connectivity index (χ4v) is 4.44. The molecule has 3 nitrogen and oxygen atoms in total. The molecule has 1 aromatic heterocycles. The number of rotatable bonds is 7. The molecular formula is C17H29N3. The van der Waals surface area contributed by atoms with Crippen LogP contribution in [0.4, 0.5) is 0 Å². The van der Waals surface area contributed by atoms with Gasteiger partial charge in [-0.25, -0.2) is 0 Å². The smallest absolute Gasteiger partial charge is 0.0640 e. The molecule has 0 saturated heterocycles. The van der Waals surface area contributed by atoms with Crippen LogP contribution in [0.25, 0.3) is 0 Å². The van der Waals surface area contributed by atoms with Crippen LogP contribution in [0.3, 0.4) is 0 Å². The predicted molar refractivity (Wildman–Crippen MR) is 82.5 cm³/mol. The molecule has 0 spiro atoms. The second-order valence-corrected chi connectivity index (χ2v) is 7.01. The monoisotopic (exact) mass is 275 g/mol. The van der Waals surface area contributed by atoms with Crippen LogP contribution in [0.5, 0.6) is 0 Å². The highest BCUT2D eigenvalue weighted by Crippen LogP contribution is 2.49. The van der Waals surface area contributed by atoms with Crippen LogP contribution < -0.4 is 5.32 Å². The molecule has 1 aromatic rings. The van der Waals surface area contributed by atoms with Gasteiger partial charge in [-0.1, -0.05) is 13.3 Å². The molecule has 112 valence electrons. The van der Waals surface area contributed by atoms with E-state index in [0.29, 0.717) is 6.04 Å². The Kier molecular flexibility index (Phi) is 4.45. The van der Waals surface area contributed by atoms with Crippen molar-refractivity contribution in [2.75, 3.05) is 6.54 Å². The standard InChI is InChI=1S/C17H29N3/c1-3-7-18-17(12-16-6-8-20(2)19-16)11-15-10-13-4-5-14(15)9-13/h6,8,13-15,17-18H,3-5,7,9-12H2,1-2H3. The van der Waals surface area contributed by atoms with Crippen molar-refractivity contribution in [3.63, 3.8) is 0 Å². The van der Waals surface area contributed by atoms with Crippen LogP contribution in [0.2, 0.25) is 0 Å². The van der Waals surface area contributed by atoms with E-state index in [4.69, 9.17) is 0 Å². The third kappa shape index (κ3) is 3.25. The van der Waals surface area contributed by atoms with Crippen molar-refractivity contribution in [3.8, 4) is 0 Å². The zero-order valence-electron chi connectivity index (χ0n) is 13.0. The van der Waals surface area contributed by atoms with Crippen molar-refractivity contribution in [1.29, 1.82) is 0 Å². The van der Waals surface area contributed by atoms with Gasteiger partial charge in [-0.3, -0.25) is 4.68 Å². The van der Waals surface area contributed by atoms with Gasteiger partial charge in [0.1, 0.15) is 0 Å². The van der Waals surface area contributed by atoms with E-state index < -0.39 is 0 Å². The lowest BCUT2D eigenvalue weighted by atomic mass is 9.83. The maximum Gasteiger partial charge on any atom is 0.0640 e. The summed E-state index contributed by atoms with van der Waals surface area (Å²) in [5.41, 5.74) is 1.24. The number of aromatic nitrogens is 2. The SMILES string of the molecule is CCCNC(Cc1ccn(C)n1)CC1CC2CCC1C2. The van der Waals surface area contributed by atoms with Crippen LogP contribution >= 0.6 is 0 Å². The van der Waals surface area contributed by atoms with Gasteiger partial charge < -0.3 is 5.32 Å². The minimum Gasteiger partial charge on any atom is -0.314 e. The second-order valence-electron chi connectivity index (χ2n) is 7.01. The lowest BCUT2D eigenvalue weighted by molar-refractivity contribution is 0.276. The first kappa shape index (κ1) is 14.1. The fourth-order valence-electron chi connectivity index (χ4n) is 4.44. The molecule has 2 aliphatic carbocycles.